The van der Waals surface area contributed by atoms with Crippen LogP contribution in [0.3, 0.4) is 0 Å². The van der Waals surface area contributed by atoms with Crippen molar-refractivity contribution in [1.82, 2.24) is 40.4 Å². The number of H-pyrrole nitrogens is 2. The van der Waals surface area contributed by atoms with Gasteiger partial charge in [-0.05, 0) is 58.4 Å². The monoisotopic (exact) mass is 836 g/mol. The number of benzene rings is 4. The highest BCUT2D eigenvalue weighted by Gasteiger charge is 2.41. The number of ketones is 1. The van der Waals surface area contributed by atoms with E-state index in [2.05, 4.69) is 57.0 Å². The zero-order valence-electron chi connectivity index (χ0n) is 34.9. The maximum absolute atomic E-state index is 13.9. The molecule has 318 valence electrons. The molecular formula is C47H48N8O7. The molecule has 15 heteroatoms. The number of rotatable bonds is 11. The molecule has 4 N–H and O–H groups in total. The van der Waals surface area contributed by atoms with E-state index in [1.807, 2.05) is 68.4 Å². The van der Waals surface area contributed by atoms with Crippen molar-refractivity contribution in [1.29, 1.82) is 0 Å². The number of amides is 4. The largest absolute Gasteiger partial charge is 0.453 e. The van der Waals surface area contributed by atoms with Crippen LogP contribution in [0, 0.1) is 5.92 Å². The van der Waals surface area contributed by atoms with Gasteiger partial charge in [0, 0.05) is 30.3 Å². The highest BCUT2D eigenvalue weighted by molar-refractivity contribution is 5.94. The topological polar surface area (TPSA) is 192 Å². The summed E-state index contributed by atoms with van der Waals surface area (Å²) in [6.45, 7) is 4.13. The van der Waals surface area contributed by atoms with Gasteiger partial charge in [0.25, 0.3) is 5.91 Å². The number of hydrogen-bond donors (Lipinski definition) is 4. The summed E-state index contributed by atoms with van der Waals surface area (Å²) in [6, 6.07) is 27.2. The number of imidazole rings is 2. The van der Waals surface area contributed by atoms with Crippen molar-refractivity contribution in [3.8, 4) is 33.6 Å². The van der Waals surface area contributed by atoms with Crippen LogP contribution in [0.15, 0.2) is 103 Å². The Balaban J connectivity index is 0.950. The number of carbonyl (C=O) groups is 5. The first kappa shape index (κ1) is 41.4. The van der Waals surface area contributed by atoms with Gasteiger partial charge < -0.3 is 39.9 Å². The summed E-state index contributed by atoms with van der Waals surface area (Å²) >= 11 is 0. The van der Waals surface area contributed by atoms with Gasteiger partial charge in [0.2, 0.25) is 5.91 Å². The Hall–Kier alpha value is -7.29. The van der Waals surface area contributed by atoms with Gasteiger partial charge in [-0.15, -0.1) is 0 Å². The summed E-state index contributed by atoms with van der Waals surface area (Å²) < 4.78 is 9.55. The van der Waals surface area contributed by atoms with E-state index in [-0.39, 0.29) is 42.5 Å². The molecule has 4 atom stereocenters. The summed E-state index contributed by atoms with van der Waals surface area (Å²) in [4.78, 5) is 83.8. The number of fused-ring (bicyclic) bond motifs is 1. The lowest BCUT2D eigenvalue weighted by molar-refractivity contribution is -0.136. The van der Waals surface area contributed by atoms with Gasteiger partial charge in [-0.1, -0.05) is 92.7 Å². The molecule has 4 amide bonds. The van der Waals surface area contributed by atoms with Gasteiger partial charge in [-0.2, -0.15) is 0 Å². The molecule has 15 nitrogen and oxygen atoms in total. The van der Waals surface area contributed by atoms with Crippen LogP contribution in [0.1, 0.15) is 68.4 Å². The zero-order valence-corrected chi connectivity index (χ0v) is 34.9. The van der Waals surface area contributed by atoms with E-state index >= 15 is 0 Å². The molecule has 0 saturated carbocycles. The highest BCUT2D eigenvalue weighted by atomic mass is 16.5. The Morgan fingerprint density at radius 2 is 1.42 bits per heavy atom. The average molecular weight is 837 g/mol. The lowest BCUT2D eigenvalue weighted by atomic mass is 9.98. The SMILES string of the molecule is COC(=O)NC(C(=O)N1CCCC1c1ncc(-c2ccc3cc(-c4ccc(-c5c[nH]c(C6CC(=O)CN6C(=O)C(NC(=O)OC)C(C)C)n5)cc4)ccc3c2)[nH]1)c1ccccc1. The molecule has 2 saturated heterocycles. The summed E-state index contributed by atoms with van der Waals surface area (Å²) in [6.07, 6.45) is 3.86. The predicted molar refractivity (Wildman–Crippen MR) is 231 cm³/mol. The van der Waals surface area contributed by atoms with Crippen LogP contribution in [0.25, 0.3) is 44.4 Å². The predicted octanol–water partition coefficient (Wildman–Crippen LogP) is 7.27. The van der Waals surface area contributed by atoms with Gasteiger partial charge >= 0.3 is 12.2 Å². The number of nitrogens with one attached hydrogen (secondary N) is 4. The first-order valence-electron chi connectivity index (χ1n) is 20.6. The van der Waals surface area contributed by atoms with Crippen molar-refractivity contribution in [2.75, 3.05) is 27.3 Å². The van der Waals surface area contributed by atoms with Crippen molar-refractivity contribution in [3.05, 3.63) is 121 Å². The van der Waals surface area contributed by atoms with Gasteiger partial charge in [0.15, 0.2) is 5.78 Å². The number of alkyl carbamates (subject to hydrolysis) is 2. The highest BCUT2D eigenvalue weighted by Crippen LogP contribution is 2.36. The first-order chi connectivity index (χ1) is 30.0. The third kappa shape index (κ3) is 8.51. The molecule has 2 fully saturated rings. The second-order valence-corrected chi connectivity index (χ2v) is 16.0. The molecule has 4 aromatic carbocycles. The van der Waals surface area contributed by atoms with Crippen LogP contribution in [0.5, 0.6) is 0 Å². The number of nitrogens with zero attached hydrogens (tertiary/aromatic N) is 4. The summed E-state index contributed by atoms with van der Waals surface area (Å²) in [5.41, 5.74) is 6.09. The van der Waals surface area contributed by atoms with E-state index in [4.69, 9.17) is 19.4 Å². The molecule has 6 aromatic rings. The Morgan fingerprint density at radius 1 is 0.758 bits per heavy atom. The van der Waals surface area contributed by atoms with Crippen LogP contribution in [0.4, 0.5) is 9.59 Å². The Labute approximate surface area is 358 Å². The normalized spacial score (nSPS) is 17.3. The van der Waals surface area contributed by atoms with Crippen molar-refractivity contribution < 1.29 is 33.4 Å². The number of aromatic amines is 2. The fourth-order valence-corrected chi connectivity index (χ4v) is 8.37. The number of Topliss-reactive ketones (excluding diaryl/α,β-unsaturated/α-hetero) is 1. The van der Waals surface area contributed by atoms with Gasteiger partial charge in [0.05, 0.1) is 50.4 Å². The minimum absolute atomic E-state index is 0.0593. The van der Waals surface area contributed by atoms with Crippen LogP contribution >= 0.6 is 0 Å². The lowest BCUT2D eigenvalue weighted by Gasteiger charge is -2.29. The second kappa shape index (κ2) is 17.7. The number of likely N-dealkylation sites (tertiary alicyclic amines) is 2. The number of methoxy groups -OCH3 is 2. The van der Waals surface area contributed by atoms with E-state index in [1.54, 1.807) is 17.3 Å². The standard InChI is InChI=1S/C47H48N8O7/c1-27(2)40(52-46(59)61-3)44(57)55-26-35(56)23-39(55)43-49-24-36(50-43)29-14-12-28(13-15-29)31-16-17-33-22-34(19-18-32(33)21-31)37-25-48-42(51-37)38-11-8-20-54(38)45(58)41(53-47(60)62-4)30-9-6-5-7-10-30/h5-7,9-10,12-19,21-22,24-25,27,38-41H,8,11,20,23,26H2,1-4H3,(H,48,51)(H,49,50)(H,52,59)(H,53,60). The fraction of sp³-hybridized carbons (Fsp3) is 0.298. The summed E-state index contributed by atoms with van der Waals surface area (Å²) in [5.74, 6) is 0.297. The summed E-state index contributed by atoms with van der Waals surface area (Å²) in [7, 11) is 2.52. The minimum atomic E-state index is -0.892. The molecular weight excluding hydrogens is 789 g/mol. The quantitative estimate of drug-likeness (QED) is 0.104. The van der Waals surface area contributed by atoms with E-state index in [1.165, 1.54) is 19.1 Å². The van der Waals surface area contributed by atoms with Gasteiger partial charge in [-0.3, -0.25) is 14.4 Å². The lowest BCUT2D eigenvalue weighted by Crippen LogP contribution is -2.51. The molecule has 62 heavy (non-hydrogen) atoms. The average Bonchev–Trinajstić information content (AvgIpc) is 4.14. The molecule has 8 rings (SSSR count). The summed E-state index contributed by atoms with van der Waals surface area (Å²) in [5, 5.41) is 7.44. The van der Waals surface area contributed by atoms with Gasteiger partial charge in [0.1, 0.15) is 23.7 Å². The molecule has 0 spiro atoms. The van der Waals surface area contributed by atoms with Crippen LogP contribution < -0.4 is 10.6 Å². The van der Waals surface area contributed by atoms with E-state index in [9.17, 15) is 24.0 Å². The molecule has 0 bridgehead atoms. The maximum atomic E-state index is 13.9. The van der Waals surface area contributed by atoms with E-state index in [0.717, 1.165) is 51.6 Å². The van der Waals surface area contributed by atoms with Crippen molar-refractivity contribution in [3.63, 3.8) is 0 Å². The molecule has 4 unspecified atom stereocenters. The van der Waals surface area contributed by atoms with Crippen LogP contribution in [-0.4, -0.2) is 92.9 Å². The third-order valence-corrected chi connectivity index (χ3v) is 11.7. The Morgan fingerprint density at radius 3 is 2.13 bits per heavy atom. The molecule has 4 heterocycles. The number of hydrogen-bond acceptors (Lipinski definition) is 9. The van der Waals surface area contributed by atoms with Crippen molar-refractivity contribution in [2.24, 2.45) is 5.92 Å². The Bertz CT molecular complexity index is 2620. The molecule has 0 aliphatic carbocycles. The second-order valence-electron chi connectivity index (χ2n) is 16.0. The number of carbonyl (C=O) groups excluding carboxylic acids is 5. The molecule has 2 aliphatic heterocycles. The number of aromatic nitrogens is 4. The maximum Gasteiger partial charge on any atom is 0.407 e. The van der Waals surface area contributed by atoms with Crippen LogP contribution in [-0.2, 0) is 23.9 Å². The van der Waals surface area contributed by atoms with E-state index < -0.39 is 30.3 Å². The molecule has 2 aromatic heterocycles. The smallest absolute Gasteiger partial charge is 0.407 e. The van der Waals surface area contributed by atoms with Crippen molar-refractivity contribution in [2.45, 2.75) is 57.3 Å². The Kier molecular flexibility index (Phi) is 11.9. The van der Waals surface area contributed by atoms with E-state index in [0.29, 0.717) is 29.5 Å². The molecule has 0 radical (unpaired) electrons. The minimum Gasteiger partial charge on any atom is -0.453 e. The van der Waals surface area contributed by atoms with Crippen molar-refractivity contribution >= 4 is 40.6 Å². The van der Waals surface area contributed by atoms with Gasteiger partial charge in [-0.25, -0.2) is 19.6 Å². The number of ether oxygens (including phenoxy) is 2. The molecule has 2 aliphatic rings. The fourth-order valence-electron chi connectivity index (χ4n) is 8.37. The zero-order chi connectivity index (χ0) is 43.5. The first-order valence-corrected chi connectivity index (χ1v) is 20.6. The van der Waals surface area contributed by atoms with Crippen LogP contribution in [0.2, 0.25) is 0 Å². The third-order valence-electron chi connectivity index (χ3n) is 11.7.